The van der Waals surface area contributed by atoms with Crippen molar-refractivity contribution in [2.24, 2.45) is 0 Å². The number of amides is 2. The van der Waals surface area contributed by atoms with E-state index in [9.17, 15) is 14.4 Å². The molecule has 0 saturated carbocycles. The topological polar surface area (TPSA) is 95.6 Å². The number of hydrogen-bond acceptors (Lipinski definition) is 5. The van der Waals surface area contributed by atoms with Gasteiger partial charge in [0.2, 0.25) is 0 Å². The highest BCUT2D eigenvalue weighted by Crippen LogP contribution is 2.30. The number of H-pyrrole nitrogens is 1. The number of fused-ring (bicyclic) bond motifs is 1. The number of hydrogen-bond donors (Lipinski definition) is 1. The van der Waals surface area contributed by atoms with Gasteiger partial charge in [0.15, 0.2) is 0 Å². The first-order valence-electron chi connectivity index (χ1n) is 11.8. The maximum Gasteiger partial charge on any atom is 0.295 e. The van der Waals surface area contributed by atoms with Crippen LogP contribution in [0.4, 0.5) is 0 Å². The normalized spacial score (nSPS) is 15.7. The van der Waals surface area contributed by atoms with Crippen molar-refractivity contribution in [2.75, 3.05) is 26.7 Å². The summed E-state index contributed by atoms with van der Waals surface area (Å²) in [5, 5.41) is 0. The van der Waals surface area contributed by atoms with Gasteiger partial charge >= 0.3 is 0 Å². The predicted octanol–water partition coefficient (Wildman–Crippen LogP) is 3.79. The van der Waals surface area contributed by atoms with Crippen LogP contribution in [0.15, 0.2) is 73.1 Å². The number of benzene rings is 2. The average molecular weight is 483 g/mol. The molecule has 36 heavy (non-hydrogen) atoms. The largest absolute Gasteiger partial charge is 0.497 e. The van der Waals surface area contributed by atoms with E-state index in [4.69, 9.17) is 4.74 Å². The Morgan fingerprint density at radius 1 is 1.00 bits per heavy atom. The lowest BCUT2D eigenvalue weighted by Gasteiger charge is -2.39. The summed E-state index contributed by atoms with van der Waals surface area (Å²) < 4.78 is 5.23. The zero-order chi connectivity index (χ0) is 25.2. The van der Waals surface area contributed by atoms with E-state index < -0.39 is 11.7 Å². The van der Waals surface area contributed by atoms with Crippen molar-refractivity contribution in [2.45, 2.75) is 13.0 Å². The number of ketones is 1. The number of carbonyl (C=O) groups is 3. The van der Waals surface area contributed by atoms with Gasteiger partial charge in [0.25, 0.3) is 17.6 Å². The molecule has 0 bridgehead atoms. The summed E-state index contributed by atoms with van der Waals surface area (Å²) in [7, 11) is 1.61. The van der Waals surface area contributed by atoms with Crippen LogP contribution in [0.25, 0.3) is 22.2 Å². The van der Waals surface area contributed by atoms with Gasteiger partial charge < -0.3 is 19.5 Å². The molecule has 2 amide bonds. The quantitative estimate of drug-likeness (QED) is 0.345. The molecule has 1 aliphatic rings. The van der Waals surface area contributed by atoms with E-state index in [2.05, 4.69) is 9.97 Å². The fourth-order valence-electron chi connectivity index (χ4n) is 4.66. The van der Waals surface area contributed by atoms with E-state index in [1.54, 1.807) is 41.4 Å². The van der Waals surface area contributed by atoms with E-state index in [1.165, 1.54) is 0 Å². The molecule has 2 aromatic heterocycles. The molecule has 3 heterocycles. The van der Waals surface area contributed by atoms with Gasteiger partial charge in [-0.25, -0.2) is 0 Å². The van der Waals surface area contributed by atoms with Gasteiger partial charge in [-0.05, 0) is 42.8 Å². The predicted molar refractivity (Wildman–Crippen MR) is 136 cm³/mol. The molecule has 4 aromatic rings. The van der Waals surface area contributed by atoms with E-state index in [0.717, 1.165) is 16.9 Å². The van der Waals surface area contributed by atoms with Gasteiger partial charge in [-0.3, -0.25) is 19.4 Å². The van der Waals surface area contributed by atoms with Crippen LogP contribution in [-0.4, -0.2) is 70.2 Å². The number of ether oxygens (including phenoxy) is 1. The zero-order valence-corrected chi connectivity index (χ0v) is 20.1. The summed E-state index contributed by atoms with van der Waals surface area (Å²) in [5.74, 6) is -0.536. The van der Waals surface area contributed by atoms with Crippen molar-refractivity contribution in [3.8, 4) is 16.9 Å². The van der Waals surface area contributed by atoms with E-state index in [1.807, 2.05) is 55.5 Å². The molecule has 8 heteroatoms. The Morgan fingerprint density at radius 2 is 1.75 bits per heavy atom. The first-order valence-corrected chi connectivity index (χ1v) is 11.8. The van der Waals surface area contributed by atoms with Gasteiger partial charge in [-0.15, -0.1) is 0 Å². The fourth-order valence-corrected chi connectivity index (χ4v) is 4.66. The van der Waals surface area contributed by atoms with Crippen molar-refractivity contribution in [3.05, 3.63) is 84.2 Å². The Morgan fingerprint density at radius 3 is 2.44 bits per heavy atom. The van der Waals surface area contributed by atoms with E-state index >= 15 is 0 Å². The second-order valence-electron chi connectivity index (χ2n) is 8.81. The van der Waals surface area contributed by atoms with Crippen molar-refractivity contribution < 1.29 is 19.1 Å². The first kappa shape index (κ1) is 23.3. The number of pyridine rings is 1. The number of aromatic nitrogens is 2. The summed E-state index contributed by atoms with van der Waals surface area (Å²) in [4.78, 5) is 50.1. The van der Waals surface area contributed by atoms with Gasteiger partial charge in [-0.2, -0.15) is 0 Å². The van der Waals surface area contributed by atoms with Crippen molar-refractivity contribution in [3.63, 3.8) is 0 Å². The Kier molecular flexibility index (Phi) is 6.25. The molecule has 0 aliphatic carbocycles. The van der Waals surface area contributed by atoms with Crippen LogP contribution >= 0.6 is 0 Å². The summed E-state index contributed by atoms with van der Waals surface area (Å²) in [6.45, 7) is 2.87. The highest BCUT2D eigenvalue weighted by Gasteiger charge is 2.34. The molecule has 1 aliphatic heterocycles. The van der Waals surface area contributed by atoms with E-state index in [0.29, 0.717) is 29.7 Å². The molecule has 0 unspecified atom stereocenters. The van der Waals surface area contributed by atoms with Crippen LogP contribution in [0, 0.1) is 0 Å². The molecule has 0 spiro atoms. The van der Waals surface area contributed by atoms with Gasteiger partial charge in [0.1, 0.15) is 5.75 Å². The molecular formula is C28H26N4O4. The van der Waals surface area contributed by atoms with Crippen molar-refractivity contribution >= 4 is 28.6 Å². The number of nitrogens with zero attached hydrogens (tertiary/aromatic N) is 3. The highest BCUT2D eigenvalue weighted by molar-refractivity contribution is 6.44. The third-order valence-corrected chi connectivity index (χ3v) is 6.60. The summed E-state index contributed by atoms with van der Waals surface area (Å²) in [5.41, 5.74) is 3.79. The zero-order valence-electron chi connectivity index (χ0n) is 20.1. The molecule has 1 atom stereocenters. The van der Waals surface area contributed by atoms with Crippen LogP contribution in [0.2, 0.25) is 0 Å². The minimum atomic E-state index is -0.615. The average Bonchev–Trinajstić information content (AvgIpc) is 3.37. The van der Waals surface area contributed by atoms with Crippen LogP contribution in [-0.2, 0) is 4.79 Å². The fraction of sp³-hybridized carbons (Fsp3) is 0.214. The Labute approximate surface area is 208 Å². The number of rotatable bonds is 5. The number of methoxy groups -OCH3 is 1. The Balaban J connectivity index is 1.34. The molecule has 1 fully saturated rings. The summed E-state index contributed by atoms with van der Waals surface area (Å²) >= 11 is 0. The number of aromatic amines is 1. The summed E-state index contributed by atoms with van der Waals surface area (Å²) in [6, 6.07) is 18.2. The third kappa shape index (κ3) is 4.22. The third-order valence-electron chi connectivity index (χ3n) is 6.60. The summed E-state index contributed by atoms with van der Waals surface area (Å²) in [6.07, 6.45) is 3.18. The molecule has 1 saturated heterocycles. The minimum absolute atomic E-state index is 0.0761. The van der Waals surface area contributed by atoms with Crippen LogP contribution in [0.1, 0.15) is 27.6 Å². The lowest BCUT2D eigenvalue weighted by Crippen LogP contribution is -2.56. The standard InChI is InChI=1S/C28H26N4O4/c1-18-17-31(27(34)20-6-4-3-5-7-20)14-15-32(18)28(35)26(33)23-16-30-24-22(12-13-29-25(23)24)19-8-10-21(36-2)11-9-19/h3-13,16,18,30H,14-15,17H2,1-2H3/t18-/m0/s1. The van der Waals surface area contributed by atoms with Crippen molar-refractivity contribution in [1.29, 1.82) is 0 Å². The van der Waals surface area contributed by atoms with Crippen LogP contribution in [0.3, 0.4) is 0 Å². The lowest BCUT2D eigenvalue weighted by molar-refractivity contribution is -0.130. The van der Waals surface area contributed by atoms with Gasteiger partial charge in [0.05, 0.1) is 23.7 Å². The number of piperazine rings is 1. The maximum absolute atomic E-state index is 13.3. The minimum Gasteiger partial charge on any atom is -0.497 e. The Hall–Kier alpha value is -4.46. The number of carbonyl (C=O) groups excluding carboxylic acids is 3. The van der Waals surface area contributed by atoms with E-state index in [-0.39, 0.29) is 24.1 Å². The number of nitrogens with one attached hydrogen (secondary N) is 1. The lowest BCUT2D eigenvalue weighted by atomic mass is 10.0. The second kappa shape index (κ2) is 9.65. The molecule has 182 valence electrons. The molecule has 2 aromatic carbocycles. The maximum atomic E-state index is 13.3. The Bertz CT molecular complexity index is 1430. The monoisotopic (exact) mass is 482 g/mol. The van der Waals surface area contributed by atoms with Crippen LogP contribution in [0.5, 0.6) is 5.75 Å². The molecular weight excluding hydrogens is 456 g/mol. The molecule has 0 radical (unpaired) electrons. The number of Topliss-reactive ketones (excluding diaryl/α,β-unsaturated/α-hetero) is 1. The SMILES string of the molecule is COc1ccc(-c2ccnc3c(C(=O)C(=O)N4CCN(C(=O)c5ccccc5)C[C@@H]4C)c[nH]c23)cc1. The highest BCUT2D eigenvalue weighted by atomic mass is 16.5. The van der Waals surface area contributed by atoms with Gasteiger partial charge in [-0.1, -0.05) is 30.3 Å². The molecule has 5 rings (SSSR count). The second-order valence-corrected chi connectivity index (χ2v) is 8.81. The first-order chi connectivity index (χ1) is 17.5. The molecule has 1 N–H and O–H groups in total. The van der Waals surface area contributed by atoms with Crippen molar-refractivity contribution in [1.82, 2.24) is 19.8 Å². The van der Waals surface area contributed by atoms with Gasteiger partial charge in [0, 0.05) is 49.2 Å². The molecule has 8 nitrogen and oxygen atoms in total. The smallest absolute Gasteiger partial charge is 0.295 e. The van der Waals surface area contributed by atoms with Crippen LogP contribution < -0.4 is 4.74 Å².